The zero-order chi connectivity index (χ0) is 17.1. The molecule has 25 heavy (non-hydrogen) atoms. The first-order valence-electron chi connectivity index (χ1n) is 8.51. The molecule has 124 valence electrons. The van der Waals surface area contributed by atoms with E-state index in [2.05, 4.69) is 39.6 Å². The Kier molecular flexibility index (Phi) is 4.25. The third kappa shape index (κ3) is 3.43. The maximum absolute atomic E-state index is 12.5. The van der Waals surface area contributed by atoms with Crippen LogP contribution < -0.4 is 5.32 Å². The average molecular weight is 329 g/mol. The van der Waals surface area contributed by atoms with Gasteiger partial charge in [-0.1, -0.05) is 60.7 Å². The second kappa shape index (κ2) is 6.85. The first-order valence-corrected chi connectivity index (χ1v) is 8.51. The Bertz CT molecular complexity index is 878. The van der Waals surface area contributed by atoms with E-state index in [0.717, 1.165) is 12.1 Å². The molecule has 1 unspecified atom stereocenters. The van der Waals surface area contributed by atoms with Crippen molar-refractivity contribution in [3.63, 3.8) is 0 Å². The lowest BCUT2D eigenvalue weighted by Gasteiger charge is -2.23. The van der Waals surface area contributed by atoms with Crippen LogP contribution >= 0.6 is 0 Å². The minimum absolute atomic E-state index is 0.129. The molecule has 4 heteroatoms. The molecule has 1 heterocycles. The highest BCUT2D eigenvalue weighted by Crippen LogP contribution is 2.31. The average Bonchev–Trinajstić information content (AvgIpc) is 2.67. The van der Waals surface area contributed by atoms with E-state index in [9.17, 15) is 4.79 Å². The highest BCUT2D eigenvalue weighted by Gasteiger charge is 2.27. The van der Waals surface area contributed by atoms with Crippen LogP contribution in [0.15, 0.2) is 66.9 Å². The molecule has 1 aromatic heterocycles. The van der Waals surface area contributed by atoms with Crippen LogP contribution in [0.5, 0.6) is 0 Å². The van der Waals surface area contributed by atoms with Gasteiger partial charge in [0, 0.05) is 19.2 Å². The lowest BCUT2D eigenvalue weighted by atomic mass is 9.82. The number of ketones is 1. The second-order valence-electron chi connectivity index (χ2n) is 6.33. The van der Waals surface area contributed by atoms with Crippen molar-refractivity contribution in [1.29, 1.82) is 0 Å². The summed E-state index contributed by atoms with van der Waals surface area (Å²) >= 11 is 0. The Morgan fingerprint density at radius 3 is 2.44 bits per heavy atom. The fourth-order valence-electron chi connectivity index (χ4n) is 3.27. The Morgan fingerprint density at radius 2 is 1.68 bits per heavy atom. The lowest BCUT2D eigenvalue weighted by molar-refractivity contribution is 0.0962. The van der Waals surface area contributed by atoms with Crippen LogP contribution in [-0.2, 0) is 13.0 Å². The number of nitrogens with one attached hydrogen (secondary N) is 1. The summed E-state index contributed by atoms with van der Waals surface area (Å²) in [4.78, 5) is 21.4. The Labute approximate surface area is 147 Å². The summed E-state index contributed by atoms with van der Waals surface area (Å²) in [5, 5.41) is 3.25. The fraction of sp³-hybridized carbons (Fsp3) is 0.190. The van der Waals surface area contributed by atoms with E-state index in [-0.39, 0.29) is 11.7 Å². The lowest BCUT2D eigenvalue weighted by Crippen LogP contribution is -2.21. The molecule has 0 bridgehead atoms. The molecule has 0 aliphatic heterocycles. The number of benzene rings is 2. The van der Waals surface area contributed by atoms with Gasteiger partial charge in [0.25, 0.3) is 0 Å². The van der Waals surface area contributed by atoms with Crippen molar-refractivity contribution >= 4 is 11.7 Å². The summed E-state index contributed by atoms with van der Waals surface area (Å²) in [5.74, 6) is 0.895. The van der Waals surface area contributed by atoms with Gasteiger partial charge in [-0.05, 0) is 23.5 Å². The minimum Gasteiger partial charge on any atom is -0.350 e. The molecule has 1 atom stereocenters. The van der Waals surface area contributed by atoms with E-state index in [1.165, 1.54) is 11.1 Å². The van der Waals surface area contributed by atoms with Crippen LogP contribution in [0.1, 0.15) is 39.5 Å². The number of hydrogen-bond acceptors (Lipinski definition) is 4. The van der Waals surface area contributed by atoms with Gasteiger partial charge in [0.2, 0.25) is 5.95 Å². The Balaban J connectivity index is 1.54. The van der Waals surface area contributed by atoms with Crippen molar-refractivity contribution in [3.05, 3.63) is 89.2 Å². The molecule has 0 fully saturated rings. The number of aromatic nitrogens is 2. The Morgan fingerprint density at radius 1 is 0.960 bits per heavy atom. The Hall–Kier alpha value is -3.01. The van der Waals surface area contributed by atoms with Crippen molar-refractivity contribution in [2.45, 2.75) is 25.3 Å². The number of carbonyl (C=O) groups excluding carboxylic acids is 1. The van der Waals surface area contributed by atoms with Gasteiger partial charge in [-0.2, -0.15) is 0 Å². The molecule has 0 amide bonds. The number of rotatable bonds is 4. The quantitative estimate of drug-likeness (QED) is 0.786. The summed E-state index contributed by atoms with van der Waals surface area (Å²) in [5.41, 5.74) is 3.87. The van der Waals surface area contributed by atoms with E-state index in [4.69, 9.17) is 0 Å². The third-order valence-electron chi connectivity index (χ3n) is 4.60. The molecule has 1 aliphatic rings. The summed E-state index contributed by atoms with van der Waals surface area (Å²) in [6, 6.07) is 20.3. The highest BCUT2D eigenvalue weighted by atomic mass is 16.1. The van der Waals surface area contributed by atoms with E-state index in [1.807, 2.05) is 36.4 Å². The molecule has 0 saturated carbocycles. The molecular formula is C21H19N3O. The molecule has 1 N–H and O–H groups in total. The molecule has 0 radical (unpaired) electrons. The van der Waals surface area contributed by atoms with Gasteiger partial charge in [-0.3, -0.25) is 4.79 Å². The first kappa shape index (κ1) is 15.5. The van der Waals surface area contributed by atoms with E-state index < -0.39 is 0 Å². The molecule has 4 nitrogen and oxygen atoms in total. The van der Waals surface area contributed by atoms with Crippen molar-refractivity contribution in [3.8, 4) is 0 Å². The summed E-state index contributed by atoms with van der Waals surface area (Å²) in [6.07, 6.45) is 2.96. The highest BCUT2D eigenvalue weighted by molar-refractivity contribution is 5.98. The first-order chi connectivity index (χ1) is 12.3. The van der Waals surface area contributed by atoms with E-state index in [1.54, 1.807) is 6.20 Å². The zero-order valence-electron chi connectivity index (χ0n) is 13.9. The van der Waals surface area contributed by atoms with Crippen LogP contribution in [0, 0.1) is 0 Å². The monoisotopic (exact) mass is 329 g/mol. The van der Waals surface area contributed by atoms with Gasteiger partial charge >= 0.3 is 0 Å². The predicted octanol–water partition coefficient (Wildman–Crippen LogP) is 4.00. The molecule has 0 spiro atoms. The SMILES string of the molecule is O=C1CC(c2ccccc2)Cc2nc(NCc3ccccc3)ncc21. The normalized spacial score (nSPS) is 16.3. The summed E-state index contributed by atoms with van der Waals surface area (Å²) in [6.45, 7) is 0.662. The van der Waals surface area contributed by atoms with Crippen LogP contribution in [0.3, 0.4) is 0 Å². The standard InChI is InChI=1S/C21H19N3O/c25-20-12-17(16-9-5-2-6-10-16)11-19-18(20)14-23-21(24-19)22-13-15-7-3-1-4-8-15/h1-10,14,17H,11-13H2,(H,22,23,24). The molecule has 2 aromatic carbocycles. The van der Waals surface area contributed by atoms with Crippen LogP contribution in [0.25, 0.3) is 0 Å². The third-order valence-corrected chi connectivity index (χ3v) is 4.60. The predicted molar refractivity (Wildman–Crippen MR) is 97.6 cm³/mol. The van der Waals surface area contributed by atoms with Crippen molar-refractivity contribution in [2.24, 2.45) is 0 Å². The maximum atomic E-state index is 12.5. The van der Waals surface area contributed by atoms with Crippen molar-refractivity contribution in [1.82, 2.24) is 9.97 Å². The molecular weight excluding hydrogens is 310 g/mol. The molecule has 1 aliphatic carbocycles. The minimum atomic E-state index is 0.129. The van der Waals surface area contributed by atoms with E-state index >= 15 is 0 Å². The van der Waals surface area contributed by atoms with Gasteiger partial charge in [-0.25, -0.2) is 9.97 Å². The smallest absolute Gasteiger partial charge is 0.223 e. The second-order valence-corrected chi connectivity index (χ2v) is 6.33. The summed E-state index contributed by atoms with van der Waals surface area (Å²) < 4.78 is 0. The van der Waals surface area contributed by atoms with Crippen LogP contribution in [-0.4, -0.2) is 15.8 Å². The van der Waals surface area contributed by atoms with Gasteiger partial charge in [0.15, 0.2) is 5.78 Å². The summed E-state index contributed by atoms with van der Waals surface area (Å²) in [7, 11) is 0. The maximum Gasteiger partial charge on any atom is 0.223 e. The van der Waals surface area contributed by atoms with Crippen LogP contribution in [0.4, 0.5) is 5.95 Å². The van der Waals surface area contributed by atoms with Crippen molar-refractivity contribution < 1.29 is 4.79 Å². The van der Waals surface area contributed by atoms with Crippen molar-refractivity contribution in [2.75, 3.05) is 5.32 Å². The van der Waals surface area contributed by atoms with Gasteiger partial charge in [0.05, 0.1) is 11.3 Å². The van der Waals surface area contributed by atoms with E-state index in [0.29, 0.717) is 24.5 Å². The van der Waals surface area contributed by atoms with Crippen LogP contribution in [0.2, 0.25) is 0 Å². The zero-order valence-corrected chi connectivity index (χ0v) is 13.9. The largest absolute Gasteiger partial charge is 0.350 e. The number of fused-ring (bicyclic) bond motifs is 1. The number of Topliss-reactive ketones (excluding diaryl/α,β-unsaturated/α-hetero) is 1. The number of nitrogens with zero attached hydrogens (tertiary/aromatic N) is 2. The number of anilines is 1. The molecule has 4 rings (SSSR count). The number of hydrogen-bond donors (Lipinski definition) is 1. The van der Waals surface area contributed by atoms with Gasteiger partial charge in [-0.15, -0.1) is 0 Å². The number of carbonyl (C=O) groups is 1. The molecule has 3 aromatic rings. The fourth-order valence-corrected chi connectivity index (χ4v) is 3.27. The molecule has 0 saturated heterocycles. The van der Waals surface area contributed by atoms with Gasteiger partial charge < -0.3 is 5.32 Å². The topological polar surface area (TPSA) is 54.9 Å². The van der Waals surface area contributed by atoms with Gasteiger partial charge in [0.1, 0.15) is 0 Å².